The summed E-state index contributed by atoms with van der Waals surface area (Å²) in [6, 6.07) is 4.20. The molecule has 1 aliphatic heterocycles. The van der Waals surface area contributed by atoms with Crippen molar-refractivity contribution in [2.75, 3.05) is 39.3 Å². The van der Waals surface area contributed by atoms with E-state index in [0.29, 0.717) is 39.3 Å². The summed E-state index contributed by atoms with van der Waals surface area (Å²) in [4.78, 5) is 15.8. The Kier molecular flexibility index (Phi) is 7.44. The van der Waals surface area contributed by atoms with Gasteiger partial charge in [-0.2, -0.15) is 0 Å². The molecule has 1 fully saturated rings. The Morgan fingerprint density at radius 1 is 1.14 bits per heavy atom. The summed E-state index contributed by atoms with van der Waals surface area (Å²) in [6.07, 6.45) is -5.09. The van der Waals surface area contributed by atoms with Gasteiger partial charge < -0.3 is 19.1 Å². The molecule has 0 bridgehead atoms. The summed E-state index contributed by atoms with van der Waals surface area (Å²) >= 11 is 3.02. The van der Waals surface area contributed by atoms with Crippen molar-refractivity contribution in [3.8, 4) is 11.5 Å². The minimum atomic E-state index is -4.77. The number of piperazine rings is 1. The third-order valence-electron chi connectivity index (χ3n) is 3.83. The first kappa shape index (κ1) is 22.6. The van der Waals surface area contributed by atoms with Gasteiger partial charge in [0.1, 0.15) is 23.7 Å². The number of benzene rings is 1. The van der Waals surface area contributed by atoms with Gasteiger partial charge in [-0.05, 0) is 48.8 Å². The maximum Gasteiger partial charge on any atom is 0.573 e. The van der Waals surface area contributed by atoms with Crippen LogP contribution in [0, 0.1) is 0 Å². The highest BCUT2D eigenvalue weighted by molar-refractivity contribution is 9.10. The molecule has 0 atom stereocenters. The van der Waals surface area contributed by atoms with Crippen LogP contribution < -0.4 is 9.47 Å². The van der Waals surface area contributed by atoms with E-state index in [4.69, 9.17) is 9.47 Å². The second kappa shape index (κ2) is 9.21. The number of carbonyl (C=O) groups excluding carboxylic acids is 1. The molecular weight excluding hydrogens is 445 g/mol. The molecule has 10 heteroatoms. The first-order valence-electron chi connectivity index (χ1n) is 8.81. The summed E-state index contributed by atoms with van der Waals surface area (Å²) in [7, 11) is 0. The molecule has 2 rings (SSSR count). The third kappa shape index (κ3) is 7.75. The zero-order valence-corrected chi connectivity index (χ0v) is 17.6. The third-order valence-corrected chi connectivity index (χ3v) is 4.48. The smallest absolute Gasteiger partial charge is 0.492 e. The van der Waals surface area contributed by atoms with E-state index in [-0.39, 0.29) is 22.1 Å². The van der Waals surface area contributed by atoms with Crippen LogP contribution in [0.1, 0.15) is 20.8 Å². The quantitative estimate of drug-likeness (QED) is 0.645. The first-order chi connectivity index (χ1) is 12.9. The van der Waals surface area contributed by atoms with Gasteiger partial charge in [-0.15, -0.1) is 13.2 Å². The fraction of sp³-hybridized carbons (Fsp3) is 0.611. The topological polar surface area (TPSA) is 51.2 Å². The SMILES string of the molecule is CC(C)(C)OC(=O)N1CCN(CCOc2ccc(Br)c(OC(F)(F)F)c2)CC1. The highest BCUT2D eigenvalue weighted by Crippen LogP contribution is 2.33. The largest absolute Gasteiger partial charge is 0.573 e. The average molecular weight is 469 g/mol. The van der Waals surface area contributed by atoms with Crippen LogP contribution in [-0.4, -0.2) is 67.2 Å². The molecule has 28 heavy (non-hydrogen) atoms. The van der Waals surface area contributed by atoms with E-state index in [9.17, 15) is 18.0 Å². The van der Waals surface area contributed by atoms with Crippen molar-refractivity contribution in [2.24, 2.45) is 0 Å². The second-order valence-corrected chi connectivity index (χ2v) is 8.15. The molecule has 0 spiro atoms. The van der Waals surface area contributed by atoms with Crippen LogP contribution in [0.25, 0.3) is 0 Å². The number of amides is 1. The molecule has 0 saturated carbocycles. The van der Waals surface area contributed by atoms with E-state index >= 15 is 0 Å². The van der Waals surface area contributed by atoms with Gasteiger partial charge in [-0.25, -0.2) is 4.79 Å². The first-order valence-corrected chi connectivity index (χ1v) is 9.61. The van der Waals surface area contributed by atoms with Crippen LogP contribution in [0.4, 0.5) is 18.0 Å². The normalized spacial score (nSPS) is 16.0. The minimum absolute atomic E-state index is 0.190. The van der Waals surface area contributed by atoms with Gasteiger partial charge in [0.25, 0.3) is 0 Å². The highest BCUT2D eigenvalue weighted by atomic mass is 79.9. The molecule has 0 radical (unpaired) electrons. The lowest BCUT2D eigenvalue weighted by Gasteiger charge is -2.35. The van der Waals surface area contributed by atoms with Crippen LogP contribution in [0.2, 0.25) is 0 Å². The zero-order chi connectivity index (χ0) is 20.9. The van der Waals surface area contributed by atoms with E-state index < -0.39 is 12.0 Å². The Labute approximate surface area is 170 Å². The van der Waals surface area contributed by atoms with Crippen molar-refractivity contribution in [2.45, 2.75) is 32.7 Å². The molecule has 1 aliphatic rings. The van der Waals surface area contributed by atoms with Gasteiger partial charge in [0, 0.05) is 38.8 Å². The van der Waals surface area contributed by atoms with Crippen molar-refractivity contribution < 1.29 is 32.2 Å². The standard InChI is InChI=1S/C18H24BrF3N2O4/c1-17(2,3)28-16(25)24-8-6-23(7-9-24)10-11-26-13-4-5-14(19)15(12-13)27-18(20,21)22/h4-5,12H,6-11H2,1-3H3. The van der Waals surface area contributed by atoms with Crippen LogP contribution in [0.3, 0.4) is 0 Å². The molecule has 1 aromatic rings. The maximum absolute atomic E-state index is 12.4. The lowest BCUT2D eigenvalue weighted by molar-refractivity contribution is -0.274. The maximum atomic E-state index is 12.4. The van der Waals surface area contributed by atoms with Crippen molar-refractivity contribution in [3.63, 3.8) is 0 Å². The molecule has 1 heterocycles. The number of carbonyl (C=O) groups is 1. The molecule has 0 unspecified atom stereocenters. The molecule has 6 nitrogen and oxygen atoms in total. The predicted molar refractivity (Wildman–Crippen MR) is 101 cm³/mol. The number of hydrogen-bond donors (Lipinski definition) is 0. The summed E-state index contributed by atoms with van der Waals surface area (Å²) in [6.45, 7) is 8.82. The summed E-state index contributed by atoms with van der Waals surface area (Å²) in [5, 5.41) is 0. The van der Waals surface area contributed by atoms with Crippen LogP contribution in [-0.2, 0) is 4.74 Å². The zero-order valence-electron chi connectivity index (χ0n) is 16.0. The van der Waals surface area contributed by atoms with E-state index in [0.717, 1.165) is 0 Å². The fourth-order valence-electron chi connectivity index (χ4n) is 2.55. The Hall–Kier alpha value is -1.68. The molecule has 0 aromatic heterocycles. The predicted octanol–water partition coefficient (Wildman–Crippen LogP) is 4.28. The molecule has 1 aromatic carbocycles. The number of nitrogens with zero attached hydrogens (tertiary/aromatic N) is 2. The number of rotatable bonds is 5. The molecule has 1 amide bonds. The van der Waals surface area contributed by atoms with Crippen LogP contribution in [0.5, 0.6) is 11.5 Å². The molecule has 1 saturated heterocycles. The van der Waals surface area contributed by atoms with E-state index in [2.05, 4.69) is 25.6 Å². The Bertz CT molecular complexity index is 672. The van der Waals surface area contributed by atoms with Gasteiger partial charge in [0.05, 0.1) is 4.47 Å². The average Bonchev–Trinajstić information content (AvgIpc) is 2.55. The van der Waals surface area contributed by atoms with Gasteiger partial charge in [-0.1, -0.05) is 0 Å². The van der Waals surface area contributed by atoms with E-state index in [1.54, 1.807) is 11.0 Å². The van der Waals surface area contributed by atoms with E-state index in [1.165, 1.54) is 12.1 Å². The Morgan fingerprint density at radius 2 is 1.79 bits per heavy atom. The number of halogens is 4. The van der Waals surface area contributed by atoms with Crippen LogP contribution in [0.15, 0.2) is 22.7 Å². The summed E-state index contributed by atoms with van der Waals surface area (Å²) in [5.74, 6) is -0.0641. The molecule has 0 N–H and O–H groups in total. The van der Waals surface area contributed by atoms with Crippen molar-refractivity contribution in [3.05, 3.63) is 22.7 Å². The van der Waals surface area contributed by atoms with Crippen molar-refractivity contribution in [1.29, 1.82) is 0 Å². The highest BCUT2D eigenvalue weighted by Gasteiger charge is 2.32. The Balaban J connectivity index is 1.76. The molecule has 0 aliphatic carbocycles. The summed E-state index contributed by atoms with van der Waals surface area (Å²) < 4.78 is 52.2. The van der Waals surface area contributed by atoms with Crippen LogP contribution >= 0.6 is 15.9 Å². The van der Waals surface area contributed by atoms with Crippen molar-refractivity contribution >= 4 is 22.0 Å². The number of ether oxygens (including phenoxy) is 3. The lowest BCUT2D eigenvalue weighted by atomic mass is 10.2. The molecule has 158 valence electrons. The number of alkyl halides is 3. The Morgan fingerprint density at radius 3 is 2.36 bits per heavy atom. The second-order valence-electron chi connectivity index (χ2n) is 7.30. The van der Waals surface area contributed by atoms with Gasteiger partial charge in [-0.3, -0.25) is 4.90 Å². The van der Waals surface area contributed by atoms with Gasteiger partial charge >= 0.3 is 12.5 Å². The van der Waals surface area contributed by atoms with Crippen molar-refractivity contribution in [1.82, 2.24) is 9.80 Å². The minimum Gasteiger partial charge on any atom is -0.492 e. The summed E-state index contributed by atoms with van der Waals surface area (Å²) in [5.41, 5.74) is -0.526. The van der Waals surface area contributed by atoms with E-state index in [1.807, 2.05) is 20.8 Å². The number of hydrogen-bond acceptors (Lipinski definition) is 5. The van der Waals surface area contributed by atoms with Gasteiger partial charge in [0.15, 0.2) is 0 Å². The fourth-order valence-corrected chi connectivity index (χ4v) is 2.88. The monoisotopic (exact) mass is 468 g/mol. The lowest BCUT2D eigenvalue weighted by Crippen LogP contribution is -2.50. The molecular formula is C18H24BrF3N2O4. The van der Waals surface area contributed by atoms with Gasteiger partial charge in [0.2, 0.25) is 0 Å².